The Morgan fingerprint density at radius 1 is 1.35 bits per heavy atom. The van der Waals surface area contributed by atoms with Crippen LogP contribution < -0.4 is 5.73 Å². The Labute approximate surface area is 119 Å². The summed E-state index contributed by atoms with van der Waals surface area (Å²) >= 11 is 6.10. The first-order chi connectivity index (χ1) is 9.59. The minimum absolute atomic E-state index is 0.176. The molecule has 2 heterocycles. The van der Waals surface area contributed by atoms with E-state index in [4.69, 9.17) is 17.3 Å². The second-order valence-electron chi connectivity index (χ2n) is 4.32. The number of halogens is 2. The third kappa shape index (κ3) is 1.85. The number of hydrogen-bond acceptors (Lipinski definition) is 3. The largest absolute Gasteiger partial charge is 0.382 e. The molecule has 0 aliphatic rings. The first-order valence-electron chi connectivity index (χ1n) is 5.85. The van der Waals surface area contributed by atoms with E-state index in [0.29, 0.717) is 17.1 Å². The standard InChI is InChI=1S/C13H11ClFN5/c1-20-6-5-17-13(20)11-10(12(16)19-18-11)9-7(14)3-2-4-8(9)15/h2-6H,1H3,(H3,16,18,19). The maximum absolute atomic E-state index is 14.1. The van der Waals surface area contributed by atoms with Gasteiger partial charge in [0.15, 0.2) is 11.6 Å². The van der Waals surface area contributed by atoms with Crippen molar-refractivity contribution >= 4 is 17.4 Å². The molecule has 0 aliphatic carbocycles. The molecule has 0 spiro atoms. The number of anilines is 1. The van der Waals surface area contributed by atoms with Crippen LogP contribution in [0.5, 0.6) is 0 Å². The van der Waals surface area contributed by atoms with Crippen molar-refractivity contribution in [1.29, 1.82) is 0 Å². The smallest absolute Gasteiger partial charge is 0.158 e. The van der Waals surface area contributed by atoms with Gasteiger partial charge >= 0.3 is 0 Å². The van der Waals surface area contributed by atoms with Crippen LogP contribution in [0.1, 0.15) is 0 Å². The monoisotopic (exact) mass is 291 g/mol. The van der Waals surface area contributed by atoms with Gasteiger partial charge in [-0.25, -0.2) is 9.37 Å². The number of aromatic nitrogens is 4. The lowest BCUT2D eigenvalue weighted by Crippen LogP contribution is -1.96. The zero-order chi connectivity index (χ0) is 14.3. The SMILES string of the molecule is Cn1ccnc1-c1[nH]nc(N)c1-c1c(F)cccc1Cl. The van der Waals surface area contributed by atoms with Crippen LogP contribution in [0.15, 0.2) is 30.6 Å². The Kier molecular flexibility index (Phi) is 2.94. The molecule has 102 valence electrons. The minimum atomic E-state index is -0.457. The molecule has 0 saturated carbocycles. The van der Waals surface area contributed by atoms with Crippen molar-refractivity contribution < 1.29 is 4.39 Å². The van der Waals surface area contributed by atoms with Crippen molar-refractivity contribution in [3.05, 3.63) is 41.4 Å². The average molecular weight is 292 g/mol. The molecule has 1 aromatic carbocycles. The predicted octanol–water partition coefficient (Wildman–Crippen LogP) is 2.85. The van der Waals surface area contributed by atoms with Gasteiger partial charge in [-0.15, -0.1) is 0 Å². The van der Waals surface area contributed by atoms with Crippen LogP contribution in [-0.4, -0.2) is 19.7 Å². The Morgan fingerprint density at radius 2 is 2.15 bits per heavy atom. The van der Waals surface area contributed by atoms with Crippen molar-refractivity contribution in [1.82, 2.24) is 19.7 Å². The third-order valence-electron chi connectivity index (χ3n) is 3.05. The number of nitrogen functional groups attached to an aromatic ring is 1. The van der Waals surface area contributed by atoms with Crippen LogP contribution in [-0.2, 0) is 7.05 Å². The van der Waals surface area contributed by atoms with Crippen molar-refractivity contribution in [2.75, 3.05) is 5.73 Å². The van der Waals surface area contributed by atoms with E-state index >= 15 is 0 Å². The third-order valence-corrected chi connectivity index (χ3v) is 3.37. The molecule has 7 heteroatoms. The molecule has 3 aromatic rings. The summed E-state index contributed by atoms with van der Waals surface area (Å²) in [5, 5.41) is 7.00. The van der Waals surface area contributed by atoms with Crippen LogP contribution in [0.2, 0.25) is 5.02 Å². The van der Waals surface area contributed by atoms with Crippen molar-refractivity contribution in [2.24, 2.45) is 7.05 Å². The molecule has 0 aliphatic heterocycles. The van der Waals surface area contributed by atoms with E-state index in [1.54, 1.807) is 23.0 Å². The van der Waals surface area contributed by atoms with E-state index in [0.717, 1.165) is 0 Å². The maximum Gasteiger partial charge on any atom is 0.158 e. The van der Waals surface area contributed by atoms with Crippen LogP contribution in [0.25, 0.3) is 22.6 Å². The van der Waals surface area contributed by atoms with Gasteiger partial charge < -0.3 is 10.3 Å². The van der Waals surface area contributed by atoms with Gasteiger partial charge in [0.1, 0.15) is 11.5 Å². The number of imidazole rings is 1. The topological polar surface area (TPSA) is 72.5 Å². The van der Waals surface area contributed by atoms with Crippen LogP contribution in [0.3, 0.4) is 0 Å². The molecule has 3 rings (SSSR count). The van der Waals surface area contributed by atoms with Gasteiger partial charge in [0.05, 0.1) is 10.6 Å². The van der Waals surface area contributed by atoms with E-state index in [-0.39, 0.29) is 16.4 Å². The summed E-state index contributed by atoms with van der Waals surface area (Å²) < 4.78 is 15.9. The molecule has 0 unspecified atom stereocenters. The van der Waals surface area contributed by atoms with Crippen molar-refractivity contribution in [2.45, 2.75) is 0 Å². The summed E-state index contributed by atoms with van der Waals surface area (Å²) in [6.45, 7) is 0. The fourth-order valence-electron chi connectivity index (χ4n) is 2.11. The molecule has 0 atom stereocenters. The molecular formula is C13H11ClFN5. The van der Waals surface area contributed by atoms with E-state index in [1.165, 1.54) is 12.1 Å². The van der Waals surface area contributed by atoms with Crippen LogP contribution >= 0.6 is 11.6 Å². The highest BCUT2D eigenvalue weighted by molar-refractivity contribution is 6.33. The van der Waals surface area contributed by atoms with Gasteiger partial charge in [0.2, 0.25) is 0 Å². The fourth-order valence-corrected chi connectivity index (χ4v) is 2.37. The zero-order valence-corrected chi connectivity index (χ0v) is 11.3. The fraction of sp³-hybridized carbons (Fsp3) is 0.0769. The van der Waals surface area contributed by atoms with E-state index in [9.17, 15) is 4.39 Å². The number of aromatic amines is 1. The molecule has 0 bridgehead atoms. The van der Waals surface area contributed by atoms with Gasteiger partial charge in [-0.3, -0.25) is 5.10 Å². The van der Waals surface area contributed by atoms with Crippen molar-refractivity contribution in [3.63, 3.8) is 0 Å². The van der Waals surface area contributed by atoms with E-state index in [2.05, 4.69) is 15.2 Å². The Bertz CT molecular complexity index is 757. The molecule has 0 amide bonds. The highest BCUT2D eigenvalue weighted by Gasteiger charge is 2.22. The van der Waals surface area contributed by atoms with Gasteiger partial charge in [0.25, 0.3) is 0 Å². The quantitative estimate of drug-likeness (QED) is 0.762. The molecular weight excluding hydrogens is 281 g/mol. The molecule has 0 saturated heterocycles. The summed E-state index contributed by atoms with van der Waals surface area (Å²) in [5.74, 6) is 0.319. The number of benzene rings is 1. The number of aryl methyl sites for hydroxylation is 1. The Balaban J connectivity index is 2.31. The van der Waals surface area contributed by atoms with Gasteiger partial charge in [0, 0.05) is 25.0 Å². The van der Waals surface area contributed by atoms with Crippen LogP contribution in [0.4, 0.5) is 10.2 Å². The number of hydrogen-bond donors (Lipinski definition) is 2. The predicted molar refractivity (Wildman–Crippen MR) is 75.6 cm³/mol. The summed E-state index contributed by atoms with van der Waals surface area (Å²) in [6, 6.07) is 4.47. The van der Waals surface area contributed by atoms with Crippen LogP contribution in [0, 0.1) is 5.82 Å². The number of rotatable bonds is 2. The zero-order valence-electron chi connectivity index (χ0n) is 10.6. The number of H-pyrrole nitrogens is 1. The normalized spacial score (nSPS) is 10.9. The first kappa shape index (κ1) is 12.7. The summed E-state index contributed by atoms with van der Waals surface area (Å²) in [4.78, 5) is 4.22. The number of nitrogens with one attached hydrogen (secondary N) is 1. The lowest BCUT2D eigenvalue weighted by Gasteiger charge is -2.08. The van der Waals surface area contributed by atoms with Gasteiger partial charge in [-0.05, 0) is 12.1 Å². The Morgan fingerprint density at radius 3 is 2.80 bits per heavy atom. The second-order valence-corrected chi connectivity index (χ2v) is 4.72. The lowest BCUT2D eigenvalue weighted by atomic mass is 10.0. The molecule has 5 nitrogen and oxygen atoms in total. The highest BCUT2D eigenvalue weighted by Crippen LogP contribution is 2.39. The second kappa shape index (κ2) is 4.64. The summed E-state index contributed by atoms with van der Waals surface area (Å²) in [7, 11) is 1.83. The molecule has 0 radical (unpaired) electrons. The molecule has 0 fully saturated rings. The Hall–Kier alpha value is -2.34. The van der Waals surface area contributed by atoms with Gasteiger partial charge in [-0.1, -0.05) is 17.7 Å². The van der Waals surface area contributed by atoms with E-state index in [1.807, 2.05) is 7.05 Å². The number of nitrogens with zero attached hydrogens (tertiary/aromatic N) is 3. The summed E-state index contributed by atoms with van der Waals surface area (Å²) in [5.41, 5.74) is 7.03. The van der Waals surface area contributed by atoms with Gasteiger partial charge in [-0.2, -0.15) is 5.10 Å². The first-order valence-corrected chi connectivity index (χ1v) is 6.23. The minimum Gasteiger partial charge on any atom is -0.382 e. The average Bonchev–Trinajstić information content (AvgIpc) is 2.97. The molecule has 20 heavy (non-hydrogen) atoms. The van der Waals surface area contributed by atoms with Crippen molar-refractivity contribution in [3.8, 4) is 22.6 Å². The molecule has 3 N–H and O–H groups in total. The highest BCUT2D eigenvalue weighted by atomic mass is 35.5. The molecule has 2 aromatic heterocycles. The lowest BCUT2D eigenvalue weighted by molar-refractivity contribution is 0.631. The number of nitrogens with two attached hydrogens (primary N) is 1. The maximum atomic E-state index is 14.1. The summed E-state index contributed by atoms with van der Waals surface area (Å²) in [6.07, 6.45) is 3.41. The van der Waals surface area contributed by atoms with E-state index < -0.39 is 5.82 Å².